The Labute approximate surface area is 187 Å². The maximum Gasteiger partial charge on any atom is 0.251 e. The molecule has 3 heterocycles. The number of hydrogen-bond donors (Lipinski definition) is 1. The number of amides is 1. The second kappa shape index (κ2) is 9.38. The number of carbonyl (C=O) groups excluding carboxylic acids is 1. The lowest BCUT2D eigenvalue weighted by molar-refractivity contribution is 0.0952. The number of ether oxygens (including phenoxy) is 1. The van der Waals surface area contributed by atoms with Crippen molar-refractivity contribution in [2.45, 2.75) is 11.7 Å². The van der Waals surface area contributed by atoms with Gasteiger partial charge in [0.25, 0.3) is 5.91 Å². The molecular weight excluding hydrogens is 447 g/mol. The first kappa shape index (κ1) is 21.2. The average molecular weight is 467 g/mol. The number of halogens is 2. The SMILES string of the molecule is CSc1nc(N2CCOCC2)c2cnn(CCNC(=O)c3cc(Cl)cc(Cl)c3)c2n1. The molecule has 0 saturated carbocycles. The fourth-order valence-electron chi connectivity index (χ4n) is 3.25. The fraction of sp³-hybridized carbons (Fsp3) is 0.368. The number of hydrogen-bond acceptors (Lipinski definition) is 7. The van der Waals surface area contributed by atoms with Gasteiger partial charge in [-0.2, -0.15) is 5.10 Å². The van der Waals surface area contributed by atoms with Crippen LogP contribution in [0.2, 0.25) is 10.0 Å². The Morgan fingerprint density at radius 3 is 2.63 bits per heavy atom. The first-order chi connectivity index (χ1) is 14.5. The molecule has 30 heavy (non-hydrogen) atoms. The predicted octanol–water partition coefficient (Wildman–Crippen LogP) is 3.12. The quantitative estimate of drug-likeness (QED) is 0.441. The molecule has 1 saturated heterocycles. The number of morpholine rings is 1. The Kier molecular flexibility index (Phi) is 6.62. The molecule has 1 aliphatic rings. The van der Waals surface area contributed by atoms with E-state index in [1.54, 1.807) is 29.1 Å². The van der Waals surface area contributed by atoms with Gasteiger partial charge >= 0.3 is 0 Å². The molecule has 4 rings (SSSR count). The van der Waals surface area contributed by atoms with Crippen LogP contribution in [-0.2, 0) is 11.3 Å². The minimum atomic E-state index is -0.246. The molecule has 11 heteroatoms. The van der Waals surface area contributed by atoms with E-state index >= 15 is 0 Å². The van der Waals surface area contributed by atoms with E-state index in [0.29, 0.717) is 47.1 Å². The van der Waals surface area contributed by atoms with Crippen LogP contribution in [0.15, 0.2) is 29.6 Å². The second-order valence-corrected chi connectivity index (χ2v) is 8.30. The minimum Gasteiger partial charge on any atom is -0.378 e. The van der Waals surface area contributed by atoms with Crippen LogP contribution in [0.25, 0.3) is 11.0 Å². The van der Waals surface area contributed by atoms with Crippen molar-refractivity contribution in [2.75, 3.05) is 44.0 Å². The van der Waals surface area contributed by atoms with Crippen molar-refractivity contribution in [2.24, 2.45) is 0 Å². The molecule has 0 aliphatic carbocycles. The highest BCUT2D eigenvalue weighted by Gasteiger charge is 2.20. The number of nitrogens with zero attached hydrogens (tertiary/aromatic N) is 5. The zero-order valence-corrected chi connectivity index (χ0v) is 18.6. The van der Waals surface area contributed by atoms with Gasteiger partial charge in [0, 0.05) is 35.2 Å². The smallest absolute Gasteiger partial charge is 0.251 e. The normalized spacial score (nSPS) is 14.3. The number of aromatic nitrogens is 4. The number of thioether (sulfide) groups is 1. The van der Waals surface area contributed by atoms with Crippen LogP contribution in [0.4, 0.5) is 5.82 Å². The predicted molar refractivity (Wildman–Crippen MR) is 119 cm³/mol. The molecule has 8 nitrogen and oxygen atoms in total. The maximum atomic E-state index is 12.4. The number of anilines is 1. The Morgan fingerprint density at radius 1 is 1.20 bits per heavy atom. The summed E-state index contributed by atoms with van der Waals surface area (Å²) in [7, 11) is 0. The maximum absolute atomic E-state index is 12.4. The van der Waals surface area contributed by atoms with Crippen molar-refractivity contribution >= 4 is 57.7 Å². The summed E-state index contributed by atoms with van der Waals surface area (Å²) >= 11 is 13.4. The summed E-state index contributed by atoms with van der Waals surface area (Å²) in [6, 6.07) is 4.75. The van der Waals surface area contributed by atoms with Crippen molar-refractivity contribution in [3.63, 3.8) is 0 Å². The molecule has 0 spiro atoms. The lowest BCUT2D eigenvalue weighted by Gasteiger charge is -2.28. The lowest BCUT2D eigenvalue weighted by Crippen LogP contribution is -2.37. The van der Waals surface area contributed by atoms with E-state index < -0.39 is 0 Å². The standard InChI is InChI=1S/C19H20Cl2N6O2S/c1-30-19-24-16(26-4-6-29-7-5-26)15-11-23-27(17(15)25-19)3-2-22-18(28)12-8-13(20)10-14(21)9-12/h8-11H,2-7H2,1H3,(H,22,28). The monoisotopic (exact) mass is 466 g/mol. The third kappa shape index (κ3) is 4.64. The topological polar surface area (TPSA) is 85.2 Å². The molecule has 1 amide bonds. The van der Waals surface area contributed by atoms with E-state index in [0.717, 1.165) is 29.9 Å². The average Bonchev–Trinajstić information content (AvgIpc) is 3.15. The van der Waals surface area contributed by atoms with Gasteiger partial charge in [-0.15, -0.1) is 0 Å². The van der Waals surface area contributed by atoms with Gasteiger partial charge in [-0.25, -0.2) is 14.6 Å². The van der Waals surface area contributed by atoms with Gasteiger partial charge in [-0.1, -0.05) is 35.0 Å². The van der Waals surface area contributed by atoms with E-state index in [4.69, 9.17) is 32.9 Å². The molecule has 1 fully saturated rings. The minimum absolute atomic E-state index is 0.246. The van der Waals surface area contributed by atoms with E-state index in [1.807, 2.05) is 6.26 Å². The molecule has 2 aromatic heterocycles. The summed E-state index contributed by atoms with van der Waals surface area (Å²) < 4.78 is 7.24. The van der Waals surface area contributed by atoms with E-state index in [2.05, 4.69) is 20.3 Å². The molecule has 1 aromatic carbocycles. The largest absolute Gasteiger partial charge is 0.378 e. The molecule has 3 aromatic rings. The summed E-state index contributed by atoms with van der Waals surface area (Å²) in [5.41, 5.74) is 1.16. The van der Waals surface area contributed by atoms with Gasteiger partial charge in [0.05, 0.1) is 31.3 Å². The molecular formula is C19H20Cl2N6O2S. The zero-order valence-electron chi connectivity index (χ0n) is 16.3. The van der Waals surface area contributed by atoms with E-state index in [-0.39, 0.29) is 5.91 Å². The van der Waals surface area contributed by atoms with Crippen LogP contribution < -0.4 is 10.2 Å². The van der Waals surface area contributed by atoms with Crippen LogP contribution >= 0.6 is 35.0 Å². The third-order valence-corrected chi connectivity index (χ3v) is 5.67. The molecule has 1 N–H and O–H groups in total. The van der Waals surface area contributed by atoms with Crippen molar-refractivity contribution in [3.8, 4) is 0 Å². The summed E-state index contributed by atoms with van der Waals surface area (Å²) in [6.07, 6.45) is 3.73. The zero-order chi connectivity index (χ0) is 21.1. The van der Waals surface area contributed by atoms with Gasteiger partial charge in [-0.05, 0) is 24.5 Å². The van der Waals surface area contributed by atoms with Gasteiger partial charge in [0.1, 0.15) is 5.82 Å². The summed E-state index contributed by atoms with van der Waals surface area (Å²) in [5.74, 6) is 0.626. The van der Waals surface area contributed by atoms with Gasteiger partial charge in [-0.3, -0.25) is 4.79 Å². The summed E-state index contributed by atoms with van der Waals surface area (Å²) in [5, 5.41) is 9.76. The Balaban J connectivity index is 1.51. The number of nitrogens with one attached hydrogen (secondary N) is 1. The first-order valence-corrected chi connectivity index (χ1v) is 11.4. The molecule has 0 atom stereocenters. The van der Waals surface area contributed by atoms with Gasteiger partial charge in [0.2, 0.25) is 0 Å². The molecule has 158 valence electrons. The van der Waals surface area contributed by atoms with Crippen LogP contribution in [0.5, 0.6) is 0 Å². The highest BCUT2D eigenvalue weighted by atomic mass is 35.5. The van der Waals surface area contributed by atoms with Crippen molar-refractivity contribution < 1.29 is 9.53 Å². The highest BCUT2D eigenvalue weighted by Crippen LogP contribution is 2.27. The summed E-state index contributed by atoms with van der Waals surface area (Å²) in [4.78, 5) is 23.9. The number of carbonyl (C=O) groups is 1. The number of fused-ring (bicyclic) bond motifs is 1. The van der Waals surface area contributed by atoms with Gasteiger partial charge in [0.15, 0.2) is 10.8 Å². The molecule has 1 aliphatic heterocycles. The Hall–Kier alpha value is -2.07. The van der Waals surface area contributed by atoms with Crippen molar-refractivity contribution in [1.82, 2.24) is 25.1 Å². The first-order valence-electron chi connectivity index (χ1n) is 9.39. The Bertz CT molecular complexity index is 1050. The fourth-order valence-corrected chi connectivity index (χ4v) is 4.14. The van der Waals surface area contributed by atoms with Crippen LogP contribution in [0, 0.1) is 0 Å². The second-order valence-electron chi connectivity index (χ2n) is 6.65. The van der Waals surface area contributed by atoms with Gasteiger partial charge < -0.3 is 15.0 Å². The molecule has 0 radical (unpaired) electrons. The van der Waals surface area contributed by atoms with Crippen LogP contribution in [0.3, 0.4) is 0 Å². The number of benzene rings is 1. The number of rotatable bonds is 6. The molecule has 0 unspecified atom stereocenters. The molecule has 0 bridgehead atoms. The van der Waals surface area contributed by atoms with Crippen molar-refractivity contribution in [3.05, 3.63) is 40.0 Å². The van der Waals surface area contributed by atoms with Crippen LogP contribution in [-0.4, -0.2) is 64.8 Å². The van der Waals surface area contributed by atoms with Crippen molar-refractivity contribution in [1.29, 1.82) is 0 Å². The van der Waals surface area contributed by atoms with Crippen LogP contribution in [0.1, 0.15) is 10.4 Å². The van der Waals surface area contributed by atoms with E-state index in [1.165, 1.54) is 11.8 Å². The third-order valence-electron chi connectivity index (χ3n) is 4.68. The Morgan fingerprint density at radius 2 is 1.93 bits per heavy atom. The van der Waals surface area contributed by atoms with E-state index in [9.17, 15) is 4.79 Å². The lowest BCUT2D eigenvalue weighted by atomic mass is 10.2. The highest BCUT2D eigenvalue weighted by molar-refractivity contribution is 7.98. The summed E-state index contributed by atoms with van der Waals surface area (Å²) in [6.45, 7) is 3.76.